The van der Waals surface area contributed by atoms with Gasteiger partial charge in [0, 0.05) is 10.0 Å². The summed E-state index contributed by atoms with van der Waals surface area (Å²) in [6, 6.07) is 8.57. The first-order valence-electron chi connectivity index (χ1n) is 8.16. The maximum Gasteiger partial charge on any atom is 0.244 e. The van der Waals surface area contributed by atoms with Gasteiger partial charge in [0.1, 0.15) is 0 Å². The van der Waals surface area contributed by atoms with Crippen molar-refractivity contribution in [2.75, 3.05) is 20.8 Å². The number of amides is 1. The second-order valence-corrected chi connectivity index (χ2v) is 6.35. The number of rotatable bonds is 8. The van der Waals surface area contributed by atoms with E-state index >= 15 is 0 Å². The van der Waals surface area contributed by atoms with E-state index in [4.69, 9.17) is 14.2 Å². The van der Waals surface area contributed by atoms with Crippen LogP contribution in [0.2, 0.25) is 0 Å². The monoisotopic (exact) mass is 436 g/mol. The van der Waals surface area contributed by atoms with E-state index in [-0.39, 0.29) is 18.1 Å². The lowest BCUT2D eigenvalue weighted by atomic mass is 10.1. The molecule has 0 bridgehead atoms. The highest BCUT2D eigenvalue weighted by Gasteiger charge is 2.10. The number of methoxy groups -OCH3 is 2. The van der Waals surface area contributed by atoms with E-state index in [1.165, 1.54) is 13.3 Å². The van der Waals surface area contributed by atoms with Gasteiger partial charge < -0.3 is 19.3 Å². The molecule has 2 N–H and O–H groups in total. The summed E-state index contributed by atoms with van der Waals surface area (Å²) in [5, 5.41) is 14.1. The van der Waals surface area contributed by atoms with Gasteiger partial charge in [-0.15, -0.1) is 0 Å². The molecule has 0 aliphatic heterocycles. The van der Waals surface area contributed by atoms with Crippen molar-refractivity contribution in [2.24, 2.45) is 5.10 Å². The van der Waals surface area contributed by atoms with Crippen molar-refractivity contribution in [1.29, 1.82) is 0 Å². The number of hydrogen-bond donors (Lipinski definition) is 2. The Labute approximate surface area is 166 Å². The molecule has 144 valence electrons. The smallest absolute Gasteiger partial charge is 0.244 e. The van der Waals surface area contributed by atoms with Crippen LogP contribution < -0.4 is 19.6 Å². The van der Waals surface area contributed by atoms with Gasteiger partial charge in [0.2, 0.25) is 5.91 Å². The molecule has 0 aliphatic carbocycles. The van der Waals surface area contributed by atoms with E-state index < -0.39 is 0 Å². The average molecular weight is 437 g/mol. The second kappa shape index (κ2) is 9.82. The highest BCUT2D eigenvalue weighted by molar-refractivity contribution is 9.10. The number of carbonyl (C=O) groups excluding carboxylic acids is 1. The van der Waals surface area contributed by atoms with E-state index in [1.807, 2.05) is 6.92 Å². The molecule has 27 heavy (non-hydrogen) atoms. The molecule has 0 unspecified atom stereocenters. The van der Waals surface area contributed by atoms with Crippen molar-refractivity contribution >= 4 is 28.1 Å². The molecule has 0 saturated carbocycles. The Balaban J connectivity index is 2.03. The van der Waals surface area contributed by atoms with Crippen molar-refractivity contribution in [3.05, 3.63) is 45.9 Å². The Morgan fingerprint density at radius 1 is 1.19 bits per heavy atom. The number of halogens is 1. The lowest BCUT2D eigenvalue weighted by Gasteiger charge is -2.09. The van der Waals surface area contributed by atoms with Crippen LogP contribution in [-0.4, -0.2) is 38.1 Å². The Morgan fingerprint density at radius 2 is 1.93 bits per heavy atom. The van der Waals surface area contributed by atoms with E-state index in [2.05, 4.69) is 26.5 Å². The van der Waals surface area contributed by atoms with Crippen LogP contribution in [0.1, 0.15) is 18.1 Å². The number of benzene rings is 2. The number of phenols is 1. The highest BCUT2D eigenvalue weighted by atomic mass is 79.9. The number of nitrogens with zero attached hydrogens (tertiary/aromatic N) is 1. The molecule has 0 saturated heterocycles. The van der Waals surface area contributed by atoms with Gasteiger partial charge in [0.15, 0.2) is 23.0 Å². The van der Waals surface area contributed by atoms with Gasteiger partial charge in [-0.2, -0.15) is 5.10 Å². The average Bonchev–Trinajstić information content (AvgIpc) is 2.65. The minimum atomic E-state index is -0.307. The predicted octanol–water partition coefficient (Wildman–Crippen LogP) is 3.26. The maximum atomic E-state index is 12.1. The predicted molar refractivity (Wildman–Crippen MR) is 106 cm³/mol. The SMILES string of the molecule is CCOc1cc(Br)cc(C=NNC(=O)Cc2ccc(OC)c(OC)c2)c1O. The molecular formula is C19H21BrN2O5. The van der Waals surface area contributed by atoms with Crippen LogP contribution in [0.5, 0.6) is 23.0 Å². The summed E-state index contributed by atoms with van der Waals surface area (Å²) in [7, 11) is 3.08. The van der Waals surface area contributed by atoms with Gasteiger partial charge in [-0.05, 0) is 36.8 Å². The molecule has 0 heterocycles. The Hall–Kier alpha value is -2.74. The minimum Gasteiger partial charge on any atom is -0.504 e. The summed E-state index contributed by atoms with van der Waals surface area (Å²) >= 11 is 3.35. The maximum absolute atomic E-state index is 12.1. The highest BCUT2D eigenvalue weighted by Crippen LogP contribution is 2.33. The van der Waals surface area contributed by atoms with Gasteiger partial charge in [-0.3, -0.25) is 4.79 Å². The Morgan fingerprint density at radius 3 is 2.59 bits per heavy atom. The molecule has 1 amide bonds. The first-order valence-corrected chi connectivity index (χ1v) is 8.95. The zero-order chi connectivity index (χ0) is 19.8. The fourth-order valence-electron chi connectivity index (χ4n) is 2.35. The third-order valence-corrected chi connectivity index (χ3v) is 4.03. The first-order chi connectivity index (χ1) is 13.0. The van der Waals surface area contributed by atoms with Crippen molar-refractivity contribution in [2.45, 2.75) is 13.3 Å². The zero-order valence-corrected chi connectivity index (χ0v) is 16.9. The fourth-order valence-corrected chi connectivity index (χ4v) is 2.80. The van der Waals surface area contributed by atoms with Crippen molar-refractivity contribution < 1.29 is 24.1 Å². The molecule has 7 nitrogen and oxygen atoms in total. The fraction of sp³-hybridized carbons (Fsp3) is 0.263. The third-order valence-electron chi connectivity index (χ3n) is 3.57. The summed E-state index contributed by atoms with van der Waals surface area (Å²) in [5.41, 5.74) is 3.60. The molecular weight excluding hydrogens is 416 g/mol. The number of nitrogens with one attached hydrogen (secondary N) is 1. The van der Waals surface area contributed by atoms with Crippen LogP contribution in [-0.2, 0) is 11.2 Å². The number of hydrazone groups is 1. The summed E-state index contributed by atoms with van der Waals surface area (Å²) in [6.07, 6.45) is 1.47. The van der Waals surface area contributed by atoms with Gasteiger partial charge in [0.05, 0.1) is 33.5 Å². The third kappa shape index (κ3) is 5.62. The number of carbonyl (C=O) groups is 1. The van der Waals surface area contributed by atoms with Crippen molar-refractivity contribution in [1.82, 2.24) is 5.43 Å². The molecule has 8 heteroatoms. The molecule has 2 rings (SSSR count). The minimum absolute atomic E-state index is 0.0436. The standard InChI is InChI=1S/C19H21BrN2O5/c1-4-27-17-10-14(20)9-13(19(17)24)11-21-22-18(23)8-12-5-6-15(25-2)16(7-12)26-3/h5-7,9-11,24H,4,8H2,1-3H3,(H,22,23). The summed E-state index contributed by atoms with van der Waals surface area (Å²) < 4.78 is 16.5. The van der Waals surface area contributed by atoms with Crippen LogP contribution in [0, 0.1) is 0 Å². The molecule has 0 spiro atoms. The lowest BCUT2D eigenvalue weighted by Crippen LogP contribution is -2.19. The van der Waals surface area contributed by atoms with E-state index in [1.54, 1.807) is 37.4 Å². The normalized spacial score (nSPS) is 10.7. The number of hydrogen-bond acceptors (Lipinski definition) is 6. The first kappa shape index (κ1) is 20.6. The second-order valence-electron chi connectivity index (χ2n) is 5.43. The number of ether oxygens (including phenoxy) is 3. The number of phenolic OH excluding ortho intramolecular Hbond substituents is 1. The van der Waals surface area contributed by atoms with Crippen LogP contribution in [0.25, 0.3) is 0 Å². The van der Waals surface area contributed by atoms with Gasteiger partial charge in [-0.1, -0.05) is 22.0 Å². The lowest BCUT2D eigenvalue weighted by molar-refractivity contribution is -0.120. The molecule has 0 aliphatic rings. The van der Waals surface area contributed by atoms with E-state index in [0.29, 0.717) is 29.4 Å². The largest absolute Gasteiger partial charge is 0.504 e. The molecule has 0 radical (unpaired) electrons. The zero-order valence-electron chi connectivity index (χ0n) is 15.3. The Kier molecular flexibility index (Phi) is 7.48. The van der Waals surface area contributed by atoms with E-state index in [9.17, 15) is 9.90 Å². The molecule has 2 aromatic rings. The molecule has 2 aromatic carbocycles. The van der Waals surface area contributed by atoms with Crippen molar-refractivity contribution in [3.63, 3.8) is 0 Å². The van der Waals surface area contributed by atoms with Gasteiger partial charge in [-0.25, -0.2) is 5.43 Å². The molecule has 0 fully saturated rings. The molecule has 0 atom stereocenters. The molecule has 0 aromatic heterocycles. The Bertz CT molecular complexity index is 839. The topological polar surface area (TPSA) is 89.4 Å². The summed E-state index contributed by atoms with van der Waals surface area (Å²) in [4.78, 5) is 12.1. The number of aromatic hydroxyl groups is 1. The van der Waals surface area contributed by atoms with Gasteiger partial charge in [0.25, 0.3) is 0 Å². The van der Waals surface area contributed by atoms with Crippen LogP contribution in [0.15, 0.2) is 39.9 Å². The summed E-state index contributed by atoms with van der Waals surface area (Å²) in [5.74, 6) is 1.13. The summed E-state index contributed by atoms with van der Waals surface area (Å²) in [6.45, 7) is 2.24. The van der Waals surface area contributed by atoms with E-state index in [0.717, 1.165) is 10.0 Å². The quantitative estimate of drug-likeness (QED) is 0.489. The van der Waals surface area contributed by atoms with Crippen LogP contribution in [0.3, 0.4) is 0 Å². The van der Waals surface area contributed by atoms with Gasteiger partial charge >= 0.3 is 0 Å². The van der Waals surface area contributed by atoms with Crippen LogP contribution >= 0.6 is 15.9 Å². The van der Waals surface area contributed by atoms with Crippen molar-refractivity contribution in [3.8, 4) is 23.0 Å². The van der Waals surface area contributed by atoms with Crippen LogP contribution in [0.4, 0.5) is 0 Å².